The Labute approximate surface area is 96.3 Å². The van der Waals surface area contributed by atoms with Gasteiger partial charge in [-0.3, -0.25) is 0 Å². The van der Waals surface area contributed by atoms with Gasteiger partial charge in [-0.25, -0.2) is 0 Å². The highest BCUT2D eigenvalue weighted by Gasteiger charge is 2.52. The van der Waals surface area contributed by atoms with E-state index in [9.17, 15) is 0 Å². The highest BCUT2D eigenvalue weighted by atomic mass is 16.7. The van der Waals surface area contributed by atoms with Crippen molar-refractivity contribution in [1.29, 1.82) is 0 Å². The fourth-order valence-corrected chi connectivity index (χ4v) is 1.95. The van der Waals surface area contributed by atoms with Crippen LogP contribution in [0, 0.1) is 0 Å². The first-order chi connectivity index (χ1) is 7.54. The van der Waals surface area contributed by atoms with Crippen LogP contribution in [0.1, 0.15) is 6.92 Å². The summed E-state index contributed by atoms with van der Waals surface area (Å²) in [5.41, 5.74) is -0.746. The Morgan fingerprint density at radius 1 is 1.12 bits per heavy atom. The third-order valence-corrected chi connectivity index (χ3v) is 3.10. The molecule has 0 bridgehead atoms. The van der Waals surface area contributed by atoms with Crippen molar-refractivity contribution >= 4 is 0 Å². The molecule has 0 aromatic carbocycles. The lowest BCUT2D eigenvalue weighted by molar-refractivity contribution is -0.275. The normalized spacial score (nSPS) is 39.6. The lowest BCUT2D eigenvalue weighted by Gasteiger charge is -2.46. The fraction of sp³-hybridized carbons (Fsp3) is 0.818. The van der Waals surface area contributed by atoms with E-state index in [1.54, 1.807) is 28.4 Å². The molecule has 4 atom stereocenters. The Hall–Kier alpha value is -0.620. The summed E-state index contributed by atoms with van der Waals surface area (Å²) in [5, 5.41) is 0. The van der Waals surface area contributed by atoms with E-state index in [1.807, 2.05) is 6.92 Å². The molecule has 0 saturated carbocycles. The molecular weight excluding hydrogens is 212 g/mol. The van der Waals surface area contributed by atoms with Crippen molar-refractivity contribution in [3.63, 3.8) is 0 Å². The molecule has 0 aromatic rings. The number of ether oxygens (including phenoxy) is 5. The molecule has 1 rings (SSSR count). The second kappa shape index (κ2) is 5.14. The predicted octanol–water partition coefficient (Wildman–Crippen LogP) is 0.938. The fourth-order valence-electron chi connectivity index (χ4n) is 1.95. The van der Waals surface area contributed by atoms with E-state index in [0.29, 0.717) is 5.76 Å². The van der Waals surface area contributed by atoms with E-state index in [4.69, 9.17) is 23.7 Å². The van der Waals surface area contributed by atoms with E-state index in [-0.39, 0.29) is 12.2 Å². The van der Waals surface area contributed by atoms with Crippen LogP contribution in [0.2, 0.25) is 0 Å². The predicted molar refractivity (Wildman–Crippen MR) is 58.0 cm³/mol. The van der Waals surface area contributed by atoms with Gasteiger partial charge in [-0.15, -0.1) is 0 Å². The lowest BCUT2D eigenvalue weighted by Crippen LogP contribution is -2.60. The summed E-state index contributed by atoms with van der Waals surface area (Å²) < 4.78 is 26.9. The van der Waals surface area contributed by atoms with Gasteiger partial charge in [0.2, 0.25) is 6.29 Å². The summed E-state index contributed by atoms with van der Waals surface area (Å²) in [7, 11) is 6.31. The SMILES string of the molecule is C=C1O[C@H](OC)[C@H](OC)[C@@H](OC)[C@]1(C)OC. The van der Waals surface area contributed by atoms with Gasteiger partial charge in [-0.2, -0.15) is 0 Å². The van der Waals surface area contributed by atoms with E-state index in [2.05, 4.69) is 6.58 Å². The molecule has 5 heteroatoms. The molecule has 0 amide bonds. The number of rotatable bonds is 4. The molecule has 94 valence electrons. The Bertz CT molecular complexity index is 255. The first kappa shape index (κ1) is 13.4. The summed E-state index contributed by atoms with van der Waals surface area (Å²) in [6.07, 6.45) is -1.25. The zero-order chi connectivity index (χ0) is 12.3. The molecule has 1 aliphatic heterocycles. The van der Waals surface area contributed by atoms with Crippen molar-refractivity contribution in [1.82, 2.24) is 0 Å². The van der Waals surface area contributed by atoms with Gasteiger partial charge in [-0.05, 0) is 6.92 Å². The molecule has 1 aliphatic rings. The van der Waals surface area contributed by atoms with E-state index >= 15 is 0 Å². The molecule has 5 nitrogen and oxygen atoms in total. The second-order valence-corrected chi connectivity index (χ2v) is 3.81. The van der Waals surface area contributed by atoms with Gasteiger partial charge in [0.25, 0.3) is 0 Å². The summed E-state index contributed by atoms with van der Waals surface area (Å²) in [4.78, 5) is 0. The van der Waals surface area contributed by atoms with Gasteiger partial charge in [0.1, 0.15) is 23.6 Å². The maximum absolute atomic E-state index is 5.53. The molecular formula is C11H20O5. The zero-order valence-electron chi connectivity index (χ0n) is 10.5. The zero-order valence-corrected chi connectivity index (χ0v) is 10.5. The van der Waals surface area contributed by atoms with Crippen LogP contribution in [0.5, 0.6) is 0 Å². The molecule has 1 heterocycles. The van der Waals surface area contributed by atoms with Gasteiger partial charge in [0.15, 0.2) is 0 Å². The summed E-state index contributed by atoms with van der Waals surface area (Å²) >= 11 is 0. The average molecular weight is 232 g/mol. The minimum absolute atomic E-state index is 0.339. The van der Waals surface area contributed by atoms with Crippen LogP contribution in [0.15, 0.2) is 12.3 Å². The summed E-state index contributed by atoms with van der Waals surface area (Å²) in [5.74, 6) is 0.474. The third kappa shape index (κ3) is 1.96. The van der Waals surface area contributed by atoms with E-state index < -0.39 is 11.9 Å². The van der Waals surface area contributed by atoms with Crippen molar-refractivity contribution in [3.8, 4) is 0 Å². The van der Waals surface area contributed by atoms with Crippen molar-refractivity contribution in [3.05, 3.63) is 12.3 Å². The standard InChI is InChI=1S/C11H20O5/c1-7-11(2,15-6)9(13-4)8(12-3)10(14-5)16-7/h8-10H,1H2,2-6H3/t8-,9-,10+,11-/m1/s1. The van der Waals surface area contributed by atoms with Crippen LogP contribution in [-0.2, 0) is 23.7 Å². The van der Waals surface area contributed by atoms with Crippen LogP contribution in [0.4, 0.5) is 0 Å². The number of methoxy groups -OCH3 is 4. The smallest absolute Gasteiger partial charge is 0.228 e. The Balaban J connectivity index is 3.02. The summed E-state index contributed by atoms with van der Waals surface area (Å²) in [6.45, 7) is 5.69. The van der Waals surface area contributed by atoms with Gasteiger partial charge < -0.3 is 23.7 Å². The van der Waals surface area contributed by atoms with Crippen LogP contribution in [0.3, 0.4) is 0 Å². The van der Waals surface area contributed by atoms with Crippen molar-refractivity contribution in [2.24, 2.45) is 0 Å². The van der Waals surface area contributed by atoms with Gasteiger partial charge in [0.05, 0.1) is 0 Å². The number of hydrogen-bond acceptors (Lipinski definition) is 5. The molecule has 0 aromatic heterocycles. The molecule has 0 spiro atoms. The van der Waals surface area contributed by atoms with Crippen molar-refractivity contribution < 1.29 is 23.7 Å². The molecule has 0 unspecified atom stereocenters. The molecule has 1 fully saturated rings. The van der Waals surface area contributed by atoms with Crippen molar-refractivity contribution in [2.75, 3.05) is 28.4 Å². The first-order valence-electron chi connectivity index (χ1n) is 5.04. The minimum atomic E-state index is -0.746. The third-order valence-electron chi connectivity index (χ3n) is 3.10. The molecule has 16 heavy (non-hydrogen) atoms. The highest BCUT2D eigenvalue weighted by molar-refractivity contribution is 5.14. The molecule has 0 radical (unpaired) electrons. The summed E-state index contributed by atoms with van der Waals surface area (Å²) in [6, 6.07) is 0. The lowest BCUT2D eigenvalue weighted by atomic mass is 9.89. The molecule has 0 aliphatic carbocycles. The van der Waals surface area contributed by atoms with Crippen LogP contribution in [0.25, 0.3) is 0 Å². The van der Waals surface area contributed by atoms with E-state index in [1.165, 1.54) is 0 Å². The van der Waals surface area contributed by atoms with Gasteiger partial charge >= 0.3 is 0 Å². The Morgan fingerprint density at radius 2 is 1.75 bits per heavy atom. The maximum atomic E-state index is 5.53. The van der Waals surface area contributed by atoms with Gasteiger partial charge in [0, 0.05) is 28.4 Å². The van der Waals surface area contributed by atoms with E-state index in [0.717, 1.165) is 0 Å². The van der Waals surface area contributed by atoms with Crippen LogP contribution >= 0.6 is 0 Å². The Morgan fingerprint density at radius 3 is 2.12 bits per heavy atom. The highest BCUT2D eigenvalue weighted by Crippen LogP contribution is 2.37. The largest absolute Gasteiger partial charge is 0.464 e. The quantitative estimate of drug-likeness (QED) is 0.721. The first-order valence-corrected chi connectivity index (χ1v) is 5.04. The second-order valence-electron chi connectivity index (χ2n) is 3.81. The maximum Gasteiger partial charge on any atom is 0.228 e. The molecule has 1 saturated heterocycles. The minimum Gasteiger partial charge on any atom is -0.464 e. The average Bonchev–Trinajstić information content (AvgIpc) is 2.31. The molecule has 0 N–H and O–H groups in total. The number of hydrogen-bond donors (Lipinski definition) is 0. The Kier molecular flexibility index (Phi) is 4.32. The van der Waals surface area contributed by atoms with Gasteiger partial charge in [-0.1, -0.05) is 6.58 Å². The topological polar surface area (TPSA) is 46.2 Å². The van der Waals surface area contributed by atoms with Crippen molar-refractivity contribution in [2.45, 2.75) is 31.0 Å². The van der Waals surface area contributed by atoms with Crippen LogP contribution < -0.4 is 0 Å². The monoisotopic (exact) mass is 232 g/mol. The van der Waals surface area contributed by atoms with Crippen LogP contribution in [-0.4, -0.2) is 52.5 Å².